The summed E-state index contributed by atoms with van der Waals surface area (Å²) in [5.41, 5.74) is 1.72. The highest BCUT2D eigenvalue weighted by molar-refractivity contribution is 7.99. The van der Waals surface area contributed by atoms with Crippen LogP contribution in [-0.4, -0.2) is 20.7 Å². The van der Waals surface area contributed by atoms with Crippen molar-refractivity contribution in [1.82, 2.24) is 14.8 Å². The van der Waals surface area contributed by atoms with E-state index in [9.17, 15) is 9.18 Å². The highest BCUT2D eigenvalue weighted by atomic mass is 35.5. The third-order valence-electron chi connectivity index (χ3n) is 4.52. The number of carbonyl (C=O) groups excluding carboxylic acids is 1. The second-order valence-electron chi connectivity index (χ2n) is 6.65. The van der Waals surface area contributed by atoms with E-state index in [-0.39, 0.29) is 10.8 Å². The third-order valence-corrected chi connectivity index (χ3v) is 5.74. The quantitative estimate of drug-likeness (QED) is 0.389. The van der Waals surface area contributed by atoms with Crippen LogP contribution in [0.3, 0.4) is 0 Å². The van der Waals surface area contributed by atoms with Crippen molar-refractivity contribution in [1.29, 1.82) is 0 Å². The number of hydrogen-bond acceptors (Lipinski definition) is 4. The Bertz CT molecular complexity index is 1200. The molecule has 3 aromatic carbocycles. The number of benzene rings is 3. The van der Waals surface area contributed by atoms with Gasteiger partial charge in [-0.3, -0.25) is 4.79 Å². The van der Waals surface area contributed by atoms with Gasteiger partial charge in [0.2, 0.25) is 5.28 Å². The molecule has 4 rings (SSSR count). The van der Waals surface area contributed by atoms with Crippen LogP contribution in [0.25, 0.3) is 0 Å². The van der Waals surface area contributed by atoms with Crippen molar-refractivity contribution >= 4 is 35.0 Å². The number of aromatic nitrogens is 3. The maximum absolute atomic E-state index is 14.0. The summed E-state index contributed by atoms with van der Waals surface area (Å²) >= 11 is 7.40. The van der Waals surface area contributed by atoms with Gasteiger partial charge in [0.25, 0.3) is 5.91 Å². The molecular weight excluding hydrogens is 435 g/mol. The van der Waals surface area contributed by atoms with Crippen molar-refractivity contribution in [2.24, 2.45) is 0 Å². The fraction of sp³-hybridized carbons (Fsp3) is 0.0870. The lowest BCUT2D eigenvalue weighted by atomic mass is 10.2. The number of amides is 1. The highest BCUT2D eigenvalue weighted by Crippen LogP contribution is 2.33. The molecule has 8 heteroatoms. The van der Waals surface area contributed by atoms with Gasteiger partial charge in [-0.2, -0.15) is 4.98 Å². The molecule has 0 aliphatic carbocycles. The molecule has 0 unspecified atom stereocenters. The molecule has 0 aliphatic rings. The maximum atomic E-state index is 14.0. The van der Waals surface area contributed by atoms with Gasteiger partial charge >= 0.3 is 0 Å². The van der Waals surface area contributed by atoms with E-state index in [0.29, 0.717) is 17.4 Å². The Balaban J connectivity index is 1.53. The molecule has 0 saturated heterocycles. The Morgan fingerprint density at radius 2 is 1.71 bits per heavy atom. The van der Waals surface area contributed by atoms with Crippen molar-refractivity contribution in [3.63, 3.8) is 0 Å². The van der Waals surface area contributed by atoms with E-state index in [1.807, 2.05) is 30.3 Å². The molecule has 0 bridgehead atoms. The fourth-order valence-electron chi connectivity index (χ4n) is 2.99. The number of nitrogens with one attached hydrogen (secondary N) is 1. The topological polar surface area (TPSA) is 59.8 Å². The maximum Gasteiger partial charge on any atom is 0.258 e. The molecule has 0 radical (unpaired) electrons. The van der Waals surface area contributed by atoms with Crippen molar-refractivity contribution in [2.75, 3.05) is 5.32 Å². The first kappa shape index (κ1) is 21.1. The van der Waals surface area contributed by atoms with Crippen LogP contribution in [0.1, 0.15) is 15.9 Å². The average Bonchev–Trinajstić information content (AvgIpc) is 3.13. The third kappa shape index (κ3) is 5.31. The van der Waals surface area contributed by atoms with Gasteiger partial charge < -0.3 is 5.32 Å². The smallest absolute Gasteiger partial charge is 0.258 e. The van der Waals surface area contributed by atoms with Gasteiger partial charge in [-0.15, -0.1) is 5.10 Å². The van der Waals surface area contributed by atoms with Crippen LogP contribution in [-0.2, 0) is 13.0 Å². The number of rotatable bonds is 7. The standard InChI is InChI=1S/C23H18ClFN4OS/c24-22-27-23(29(28-22)15-14-16-8-2-1-3-9-16)31-20-13-7-6-12-19(20)26-21(30)17-10-4-5-11-18(17)25/h1-13H,14-15H2,(H,26,30). The van der Waals surface area contributed by atoms with Gasteiger partial charge in [-0.25, -0.2) is 9.07 Å². The molecule has 0 spiro atoms. The summed E-state index contributed by atoms with van der Waals surface area (Å²) in [5.74, 6) is -1.09. The zero-order valence-corrected chi connectivity index (χ0v) is 17.9. The molecule has 156 valence electrons. The lowest BCUT2D eigenvalue weighted by Gasteiger charge is -2.11. The zero-order valence-electron chi connectivity index (χ0n) is 16.3. The summed E-state index contributed by atoms with van der Waals surface area (Å²) in [5, 5.41) is 7.83. The number of hydrogen-bond donors (Lipinski definition) is 1. The lowest BCUT2D eigenvalue weighted by Crippen LogP contribution is -2.14. The molecule has 1 amide bonds. The van der Waals surface area contributed by atoms with Gasteiger partial charge in [-0.1, -0.05) is 54.6 Å². The average molecular weight is 453 g/mol. The van der Waals surface area contributed by atoms with Gasteiger partial charge in [-0.05, 0) is 59.6 Å². The predicted molar refractivity (Wildman–Crippen MR) is 120 cm³/mol. The molecule has 0 saturated carbocycles. The van der Waals surface area contributed by atoms with E-state index in [0.717, 1.165) is 11.3 Å². The van der Waals surface area contributed by atoms with Crippen molar-refractivity contribution in [3.05, 3.63) is 101 Å². The van der Waals surface area contributed by atoms with E-state index in [4.69, 9.17) is 11.6 Å². The van der Waals surface area contributed by atoms with E-state index in [1.54, 1.807) is 28.9 Å². The highest BCUT2D eigenvalue weighted by Gasteiger charge is 2.16. The summed E-state index contributed by atoms with van der Waals surface area (Å²) in [7, 11) is 0. The Morgan fingerprint density at radius 1 is 1.00 bits per heavy atom. The summed E-state index contributed by atoms with van der Waals surface area (Å²) < 4.78 is 15.7. The van der Waals surface area contributed by atoms with Crippen LogP contribution in [0.5, 0.6) is 0 Å². The van der Waals surface area contributed by atoms with Gasteiger partial charge in [0.05, 0.1) is 11.3 Å². The largest absolute Gasteiger partial charge is 0.321 e. The molecule has 5 nitrogen and oxygen atoms in total. The lowest BCUT2D eigenvalue weighted by molar-refractivity contribution is 0.102. The van der Waals surface area contributed by atoms with Crippen molar-refractivity contribution < 1.29 is 9.18 Å². The second kappa shape index (κ2) is 9.76. The molecule has 0 fully saturated rings. The van der Waals surface area contributed by atoms with Gasteiger partial charge in [0.1, 0.15) is 5.82 Å². The molecular formula is C23H18ClFN4OS. The normalized spacial score (nSPS) is 10.8. The van der Waals surface area contributed by atoms with Crippen LogP contribution < -0.4 is 5.32 Å². The predicted octanol–water partition coefficient (Wildman–Crippen LogP) is 5.72. The first-order valence-corrected chi connectivity index (χ1v) is 10.8. The minimum atomic E-state index is -0.572. The number of carbonyl (C=O) groups is 1. The molecule has 31 heavy (non-hydrogen) atoms. The van der Waals surface area contributed by atoms with Crippen molar-refractivity contribution in [3.8, 4) is 0 Å². The Hall–Kier alpha value is -3.16. The first-order valence-electron chi connectivity index (χ1n) is 9.57. The number of para-hydroxylation sites is 1. The number of halogens is 2. The zero-order chi connectivity index (χ0) is 21.6. The summed E-state index contributed by atoms with van der Waals surface area (Å²) in [6.07, 6.45) is 0.778. The fourth-order valence-corrected chi connectivity index (χ4v) is 4.16. The van der Waals surface area contributed by atoms with E-state index < -0.39 is 11.7 Å². The van der Waals surface area contributed by atoms with Crippen LogP contribution >= 0.6 is 23.4 Å². The molecule has 0 atom stereocenters. The molecule has 1 N–H and O–H groups in total. The SMILES string of the molecule is O=C(Nc1ccccc1Sc1nc(Cl)nn1CCc1ccccc1)c1ccccc1F. The molecule has 1 aromatic heterocycles. The Morgan fingerprint density at radius 3 is 2.52 bits per heavy atom. The minimum absolute atomic E-state index is 0.0172. The Labute approximate surface area is 188 Å². The van der Waals surface area contributed by atoms with E-state index in [1.165, 1.54) is 29.5 Å². The van der Waals surface area contributed by atoms with Crippen LogP contribution in [0.4, 0.5) is 10.1 Å². The number of aryl methyl sites for hydroxylation is 2. The second-order valence-corrected chi connectivity index (χ2v) is 8.00. The number of anilines is 1. The molecule has 1 heterocycles. The summed E-state index contributed by atoms with van der Waals surface area (Å²) in [6.45, 7) is 0.607. The summed E-state index contributed by atoms with van der Waals surface area (Å²) in [6, 6.07) is 23.2. The monoisotopic (exact) mass is 452 g/mol. The van der Waals surface area contributed by atoms with Crippen LogP contribution in [0.2, 0.25) is 5.28 Å². The van der Waals surface area contributed by atoms with E-state index >= 15 is 0 Å². The number of nitrogens with zero attached hydrogens (tertiary/aromatic N) is 3. The van der Waals surface area contributed by atoms with Crippen LogP contribution in [0.15, 0.2) is 88.9 Å². The van der Waals surface area contributed by atoms with Crippen molar-refractivity contribution in [2.45, 2.75) is 23.0 Å². The summed E-state index contributed by atoms with van der Waals surface area (Å²) in [4.78, 5) is 17.6. The molecule has 4 aromatic rings. The minimum Gasteiger partial charge on any atom is -0.321 e. The first-order chi connectivity index (χ1) is 15.1. The van der Waals surface area contributed by atoms with Crippen LogP contribution in [0, 0.1) is 5.82 Å². The molecule has 0 aliphatic heterocycles. The van der Waals surface area contributed by atoms with E-state index in [2.05, 4.69) is 27.5 Å². The van der Waals surface area contributed by atoms with Gasteiger partial charge in [0.15, 0.2) is 5.16 Å². The Kier molecular flexibility index (Phi) is 6.64. The van der Waals surface area contributed by atoms with Gasteiger partial charge in [0, 0.05) is 11.4 Å².